The molecule has 0 spiro atoms. The highest BCUT2D eigenvalue weighted by Crippen LogP contribution is 2.34. The summed E-state index contributed by atoms with van der Waals surface area (Å²) in [4.78, 5) is 0. The molecule has 1 aromatic carbocycles. The van der Waals surface area contributed by atoms with Gasteiger partial charge >= 0.3 is 0 Å². The molecule has 3 nitrogen and oxygen atoms in total. The molecule has 1 aliphatic heterocycles. The van der Waals surface area contributed by atoms with E-state index in [9.17, 15) is 8.78 Å². The smallest absolute Gasteiger partial charge is 0.200 e. The molecule has 1 aliphatic carbocycles. The van der Waals surface area contributed by atoms with Crippen molar-refractivity contribution in [3.63, 3.8) is 0 Å². The number of benzene rings is 1. The van der Waals surface area contributed by atoms with Gasteiger partial charge in [0.15, 0.2) is 17.9 Å². The Hall–Kier alpha value is -1.98. The SMILES string of the molecule is C/C=C/C1=CC=C(COC2CCC(c3ccc(OCC)c(F)c3F)CO2)CC1. The monoisotopic (exact) mass is 390 g/mol. The lowest BCUT2D eigenvalue weighted by atomic mass is 9.92. The highest BCUT2D eigenvalue weighted by atomic mass is 19.2. The van der Waals surface area contributed by atoms with E-state index >= 15 is 0 Å². The zero-order valence-electron chi connectivity index (χ0n) is 16.5. The van der Waals surface area contributed by atoms with Crippen LogP contribution in [0.4, 0.5) is 8.78 Å². The van der Waals surface area contributed by atoms with E-state index in [1.807, 2.05) is 13.0 Å². The van der Waals surface area contributed by atoms with Crippen LogP contribution in [0.3, 0.4) is 0 Å². The first-order valence-corrected chi connectivity index (χ1v) is 9.97. The fourth-order valence-electron chi connectivity index (χ4n) is 3.60. The highest BCUT2D eigenvalue weighted by Gasteiger charge is 2.27. The third kappa shape index (κ3) is 5.09. The van der Waals surface area contributed by atoms with E-state index in [1.54, 1.807) is 13.0 Å². The van der Waals surface area contributed by atoms with Crippen LogP contribution in [0.2, 0.25) is 0 Å². The van der Waals surface area contributed by atoms with Gasteiger partial charge < -0.3 is 14.2 Å². The maximum atomic E-state index is 14.4. The minimum atomic E-state index is -0.924. The Morgan fingerprint density at radius 1 is 1.14 bits per heavy atom. The molecule has 1 aromatic rings. The molecule has 0 N–H and O–H groups in total. The minimum absolute atomic E-state index is 0.0471. The average Bonchev–Trinajstić information content (AvgIpc) is 2.72. The lowest BCUT2D eigenvalue weighted by Crippen LogP contribution is -2.28. The van der Waals surface area contributed by atoms with E-state index in [-0.39, 0.29) is 18.0 Å². The summed E-state index contributed by atoms with van der Waals surface area (Å²) in [6.45, 7) is 4.91. The van der Waals surface area contributed by atoms with Crippen LogP contribution < -0.4 is 4.74 Å². The maximum Gasteiger partial charge on any atom is 0.200 e. The van der Waals surface area contributed by atoms with Gasteiger partial charge in [0.2, 0.25) is 5.82 Å². The standard InChI is InChI=1S/C23H28F2O3/c1-3-5-16-6-8-17(9-7-16)14-27-21-13-10-18(15-28-21)19-11-12-20(26-4-2)23(25)22(19)24/h3,5-6,8,11-12,18,21H,4,7,9-10,13-15H2,1-2H3/b5-3+. The zero-order chi connectivity index (χ0) is 19.9. The van der Waals surface area contributed by atoms with Crippen molar-refractivity contribution >= 4 is 0 Å². The fourth-order valence-corrected chi connectivity index (χ4v) is 3.60. The first-order chi connectivity index (χ1) is 13.6. The summed E-state index contributed by atoms with van der Waals surface area (Å²) in [5.74, 6) is -1.98. The third-order valence-electron chi connectivity index (χ3n) is 5.15. The van der Waals surface area contributed by atoms with Crippen molar-refractivity contribution in [3.05, 3.63) is 64.8 Å². The summed E-state index contributed by atoms with van der Waals surface area (Å²) in [7, 11) is 0. The number of hydrogen-bond donors (Lipinski definition) is 0. The van der Waals surface area contributed by atoms with E-state index in [2.05, 4.69) is 18.2 Å². The molecule has 0 amide bonds. The van der Waals surface area contributed by atoms with Crippen LogP contribution in [0.15, 0.2) is 47.6 Å². The van der Waals surface area contributed by atoms with Crippen LogP contribution >= 0.6 is 0 Å². The summed E-state index contributed by atoms with van der Waals surface area (Å²) < 4.78 is 45.2. The minimum Gasteiger partial charge on any atom is -0.491 e. The van der Waals surface area contributed by atoms with Gasteiger partial charge in [-0.15, -0.1) is 0 Å². The Balaban J connectivity index is 1.51. The molecule has 1 fully saturated rings. The fraction of sp³-hybridized carbons (Fsp3) is 0.478. The van der Waals surface area contributed by atoms with Gasteiger partial charge in [-0.2, -0.15) is 4.39 Å². The van der Waals surface area contributed by atoms with E-state index in [1.165, 1.54) is 17.2 Å². The van der Waals surface area contributed by atoms with Gasteiger partial charge in [-0.25, -0.2) is 4.39 Å². The molecule has 0 saturated carbocycles. The van der Waals surface area contributed by atoms with E-state index < -0.39 is 11.6 Å². The van der Waals surface area contributed by atoms with E-state index in [0.29, 0.717) is 38.2 Å². The van der Waals surface area contributed by atoms with Crippen molar-refractivity contribution < 1.29 is 23.0 Å². The Labute approximate surface area is 165 Å². The number of allylic oxidation sites excluding steroid dienone is 5. The largest absolute Gasteiger partial charge is 0.491 e. The lowest BCUT2D eigenvalue weighted by Gasteiger charge is -2.30. The zero-order valence-corrected chi connectivity index (χ0v) is 16.5. The van der Waals surface area contributed by atoms with Gasteiger partial charge in [0.25, 0.3) is 0 Å². The van der Waals surface area contributed by atoms with Gasteiger partial charge in [-0.1, -0.05) is 30.4 Å². The molecule has 2 unspecified atom stereocenters. The Morgan fingerprint density at radius 3 is 2.64 bits per heavy atom. The summed E-state index contributed by atoms with van der Waals surface area (Å²) in [5, 5.41) is 0. The Morgan fingerprint density at radius 2 is 2.00 bits per heavy atom. The number of halogens is 2. The van der Waals surface area contributed by atoms with E-state index in [0.717, 1.165) is 12.8 Å². The molecule has 0 radical (unpaired) electrons. The van der Waals surface area contributed by atoms with Crippen LogP contribution in [0, 0.1) is 11.6 Å². The van der Waals surface area contributed by atoms with Gasteiger partial charge in [-0.3, -0.25) is 0 Å². The van der Waals surface area contributed by atoms with Crippen molar-refractivity contribution in [2.24, 2.45) is 0 Å². The number of rotatable bonds is 7. The second-order valence-electron chi connectivity index (χ2n) is 7.13. The molecule has 3 rings (SSSR count). The molecular weight excluding hydrogens is 362 g/mol. The number of hydrogen-bond acceptors (Lipinski definition) is 3. The molecule has 5 heteroatoms. The quantitative estimate of drug-likeness (QED) is 0.587. The maximum absolute atomic E-state index is 14.4. The van der Waals surface area contributed by atoms with Crippen molar-refractivity contribution in [2.75, 3.05) is 19.8 Å². The summed E-state index contributed by atoms with van der Waals surface area (Å²) >= 11 is 0. The molecule has 152 valence electrons. The third-order valence-corrected chi connectivity index (χ3v) is 5.15. The highest BCUT2D eigenvalue weighted by molar-refractivity contribution is 5.33. The molecular formula is C23H28F2O3. The molecule has 2 atom stereocenters. The van der Waals surface area contributed by atoms with E-state index in [4.69, 9.17) is 14.2 Å². The van der Waals surface area contributed by atoms with Gasteiger partial charge in [0, 0.05) is 5.92 Å². The molecule has 1 heterocycles. The number of ether oxygens (including phenoxy) is 3. The topological polar surface area (TPSA) is 27.7 Å². The first kappa shape index (κ1) is 20.7. The molecule has 28 heavy (non-hydrogen) atoms. The van der Waals surface area contributed by atoms with Crippen LogP contribution in [-0.4, -0.2) is 26.1 Å². The van der Waals surface area contributed by atoms with Gasteiger partial charge in [0.1, 0.15) is 0 Å². The first-order valence-electron chi connectivity index (χ1n) is 9.97. The molecule has 1 saturated heterocycles. The predicted molar refractivity (Wildman–Crippen MR) is 105 cm³/mol. The lowest BCUT2D eigenvalue weighted by molar-refractivity contribution is -0.162. The summed E-state index contributed by atoms with van der Waals surface area (Å²) in [6, 6.07) is 3.09. The van der Waals surface area contributed by atoms with Crippen molar-refractivity contribution in [1.82, 2.24) is 0 Å². The molecule has 2 aliphatic rings. The van der Waals surface area contributed by atoms with Crippen LogP contribution in [0.5, 0.6) is 5.75 Å². The normalized spacial score (nSPS) is 22.9. The van der Waals surface area contributed by atoms with Crippen molar-refractivity contribution in [3.8, 4) is 5.75 Å². The van der Waals surface area contributed by atoms with Gasteiger partial charge in [-0.05, 0) is 62.3 Å². The van der Waals surface area contributed by atoms with Crippen molar-refractivity contribution in [1.29, 1.82) is 0 Å². The Kier molecular flexibility index (Phi) is 7.40. The molecule has 0 aromatic heterocycles. The average molecular weight is 390 g/mol. The van der Waals surface area contributed by atoms with Gasteiger partial charge in [0.05, 0.1) is 19.8 Å². The summed E-state index contributed by atoms with van der Waals surface area (Å²) in [5.41, 5.74) is 2.92. The molecule has 0 bridgehead atoms. The van der Waals surface area contributed by atoms with Crippen LogP contribution in [0.1, 0.15) is 51.0 Å². The Bertz CT molecular complexity index is 759. The summed E-state index contributed by atoms with van der Waals surface area (Å²) in [6.07, 6.45) is 11.5. The van der Waals surface area contributed by atoms with Crippen LogP contribution in [-0.2, 0) is 9.47 Å². The van der Waals surface area contributed by atoms with Crippen molar-refractivity contribution in [2.45, 2.75) is 51.7 Å². The second-order valence-corrected chi connectivity index (χ2v) is 7.13. The van der Waals surface area contributed by atoms with Crippen LogP contribution in [0.25, 0.3) is 0 Å². The second kappa shape index (κ2) is 9.99. The predicted octanol–water partition coefficient (Wildman–Crippen LogP) is 5.82.